The summed E-state index contributed by atoms with van der Waals surface area (Å²) < 4.78 is 5.48. The number of nitrogens with one attached hydrogen (secondary N) is 1. The Kier molecular flexibility index (Phi) is 7.00. The van der Waals surface area contributed by atoms with Crippen molar-refractivity contribution >= 4 is 11.6 Å². The van der Waals surface area contributed by atoms with Crippen molar-refractivity contribution in [2.45, 2.75) is 39.5 Å². The Morgan fingerprint density at radius 3 is 2.26 bits per heavy atom. The van der Waals surface area contributed by atoms with Gasteiger partial charge in [0.1, 0.15) is 6.33 Å². The molecule has 0 bridgehead atoms. The average molecular weight is 266 g/mol. The van der Waals surface area contributed by atoms with Crippen molar-refractivity contribution < 1.29 is 4.74 Å². The molecule has 0 aromatic carbocycles. The van der Waals surface area contributed by atoms with Crippen molar-refractivity contribution in [3.8, 4) is 5.75 Å². The van der Waals surface area contributed by atoms with Crippen LogP contribution in [-0.4, -0.2) is 37.2 Å². The van der Waals surface area contributed by atoms with Crippen LogP contribution in [0.25, 0.3) is 0 Å². The normalized spacial score (nSPS) is 10.3. The molecular formula is C14H26N4O. The van der Waals surface area contributed by atoms with Crippen LogP contribution in [0, 0.1) is 0 Å². The van der Waals surface area contributed by atoms with Crippen LogP contribution in [0.5, 0.6) is 5.75 Å². The number of rotatable bonds is 9. The summed E-state index contributed by atoms with van der Waals surface area (Å²) in [6, 6.07) is 0. The molecular weight excluding hydrogens is 240 g/mol. The largest absolute Gasteiger partial charge is 0.490 e. The van der Waals surface area contributed by atoms with Gasteiger partial charge in [-0.3, -0.25) is 0 Å². The quantitative estimate of drug-likeness (QED) is 0.744. The third-order valence-electron chi connectivity index (χ3n) is 3.09. The van der Waals surface area contributed by atoms with Crippen molar-refractivity contribution in [1.82, 2.24) is 9.97 Å². The molecule has 0 unspecified atom stereocenters. The summed E-state index contributed by atoms with van der Waals surface area (Å²) in [7, 11) is 3.51. The minimum atomic E-state index is 0.734. The Bertz CT molecular complexity index is 362. The van der Waals surface area contributed by atoms with Crippen LogP contribution in [0.2, 0.25) is 0 Å². The molecule has 1 rings (SSSR count). The van der Waals surface area contributed by atoms with Crippen molar-refractivity contribution in [2.24, 2.45) is 0 Å². The summed E-state index contributed by atoms with van der Waals surface area (Å²) >= 11 is 0. The van der Waals surface area contributed by atoms with Crippen LogP contribution in [0.1, 0.15) is 39.5 Å². The summed E-state index contributed by atoms with van der Waals surface area (Å²) in [5, 5.41) is 3.05. The van der Waals surface area contributed by atoms with Crippen LogP contribution < -0.4 is 15.0 Å². The standard InChI is InChI=1S/C14H26N4O/c1-5-7-9-18(10-8-6-2)14-12(19-4)13(15-3)16-11-17-14/h11H,5-10H2,1-4H3,(H,15,16,17). The number of nitrogens with zero attached hydrogens (tertiary/aromatic N) is 3. The fourth-order valence-electron chi connectivity index (χ4n) is 1.98. The van der Waals surface area contributed by atoms with E-state index in [1.807, 2.05) is 7.05 Å². The lowest BCUT2D eigenvalue weighted by atomic mass is 10.2. The van der Waals surface area contributed by atoms with Gasteiger partial charge in [-0.25, -0.2) is 9.97 Å². The number of hydrogen-bond acceptors (Lipinski definition) is 5. The zero-order valence-corrected chi connectivity index (χ0v) is 12.6. The predicted molar refractivity (Wildman–Crippen MR) is 80.2 cm³/mol. The summed E-state index contributed by atoms with van der Waals surface area (Å²) in [6.45, 7) is 6.42. The summed E-state index contributed by atoms with van der Waals surface area (Å²) in [4.78, 5) is 10.9. The Morgan fingerprint density at radius 1 is 1.16 bits per heavy atom. The summed E-state index contributed by atoms with van der Waals surface area (Å²) in [5.41, 5.74) is 0. The Morgan fingerprint density at radius 2 is 1.79 bits per heavy atom. The van der Waals surface area contributed by atoms with Gasteiger partial charge in [-0.05, 0) is 12.8 Å². The molecule has 1 N–H and O–H groups in total. The highest BCUT2D eigenvalue weighted by atomic mass is 16.5. The molecule has 1 aromatic rings. The van der Waals surface area contributed by atoms with Crippen molar-refractivity contribution in [3.05, 3.63) is 6.33 Å². The van der Waals surface area contributed by atoms with Crippen molar-refractivity contribution in [2.75, 3.05) is 37.5 Å². The van der Waals surface area contributed by atoms with E-state index in [0.717, 1.165) is 43.3 Å². The van der Waals surface area contributed by atoms with Gasteiger partial charge in [-0.15, -0.1) is 0 Å². The van der Waals surface area contributed by atoms with Crippen LogP contribution in [0.4, 0.5) is 11.6 Å². The minimum Gasteiger partial charge on any atom is -0.490 e. The topological polar surface area (TPSA) is 50.3 Å². The van der Waals surface area contributed by atoms with Crippen LogP contribution in [-0.2, 0) is 0 Å². The summed E-state index contributed by atoms with van der Waals surface area (Å²) in [6.07, 6.45) is 6.26. The maximum atomic E-state index is 5.48. The number of unbranched alkanes of at least 4 members (excludes halogenated alkanes) is 2. The maximum Gasteiger partial charge on any atom is 0.204 e. The first-order chi connectivity index (χ1) is 9.28. The molecule has 0 fully saturated rings. The van der Waals surface area contributed by atoms with Gasteiger partial charge in [-0.2, -0.15) is 0 Å². The third kappa shape index (κ3) is 4.26. The van der Waals surface area contributed by atoms with E-state index in [0.29, 0.717) is 0 Å². The minimum absolute atomic E-state index is 0.734. The summed E-state index contributed by atoms with van der Waals surface area (Å²) in [5.74, 6) is 2.37. The molecule has 0 amide bonds. The fraction of sp³-hybridized carbons (Fsp3) is 0.714. The molecule has 5 nitrogen and oxygen atoms in total. The molecule has 1 aromatic heterocycles. The first kappa shape index (κ1) is 15.5. The lowest BCUT2D eigenvalue weighted by molar-refractivity contribution is 0.412. The molecule has 0 spiro atoms. The second kappa shape index (κ2) is 8.56. The predicted octanol–water partition coefficient (Wildman–Crippen LogP) is 2.93. The van der Waals surface area contributed by atoms with E-state index in [4.69, 9.17) is 4.74 Å². The first-order valence-corrected chi connectivity index (χ1v) is 7.10. The van der Waals surface area contributed by atoms with E-state index in [1.165, 1.54) is 12.8 Å². The van der Waals surface area contributed by atoms with E-state index in [9.17, 15) is 0 Å². The Hall–Kier alpha value is -1.52. The highest BCUT2D eigenvalue weighted by Crippen LogP contribution is 2.31. The highest BCUT2D eigenvalue weighted by Gasteiger charge is 2.16. The number of ether oxygens (including phenoxy) is 1. The SMILES string of the molecule is CCCCN(CCCC)c1ncnc(NC)c1OC. The fourth-order valence-corrected chi connectivity index (χ4v) is 1.98. The van der Waals surface area contributed by atoms with Gasteiger partial charge in [0.05, 0.1) is 7.11 Å². The zero-order valence-electron chi connectivity index (χ0n) is 12.6. The van der Waals surface area contributed by atoms with Crippen LogP contribution in [0.3, 0.4) is 0 Å². The van der Waals surface area contributed by atoms with Gasteiger partial charge < -0.3 is 15.0 Å². The van der Waals surface area contributed by atoms with Gasteiger partial charge in [0, 0.05) is 20.1 Å². The van der Waals surface area contributed by atoms with Gasteiger partial charge in [0.15, 0.2) is 11.6 Å². The number of methoxy groups -OCH3 is 1. The van der Waals surface area contributed by atoms with Gasteiger partial charge in [0.25, 0.3) is 0 Å². The van der Waals surface area contributed by atoms with Gasteiger partial charge in [0.2, 0.25) is 5.75 Å². The lowest BCUT2D eigenvalue weighted by Gasteiger charge is -2.25. The molecule has 0 saturated heterocycles. The van der Waals surface area contributed by atoms with E-state index in [-0.39, 0.29) is 0 Å². The molecule has 0 saturated carbocycles. The maximum absolute atomic E-state index is 5.48. The second-order valence-corrected chi connectivity index (χ2v) is 4.52. The molecule has 1 heterocycles. The lowest BCUT2D eigenvalue weighted by Crippen LogP contribution is -2.27. The Balaban J connectivity index is 2.98. The van der Waals surface area contributed by atoms with E-state index in [2.05, 4.69) is 34.0 Å². The van der Waals surface area contributed by atoms with Crippen molar-refractivity contribution in [1.29, 1.82) is 0 Å². The molecule has 0 aliphatic rings. The van der Waals surface area contributed by atoms with Crippen LogP contribution in [0.15, 0.2) is 6.33 Å². The molecule has 19 heavy (non-hydrogen) atoms. The zero-order chi connectivity index (χ0) is 14.1. The molecule has 0 atom stereocenters. The average Bonchev–Trinajstić information content (AvgIpc) is 2.46. The van der Waals surface area contributed by atoms with E-state index < -0.39 is 0 Å². The monoisotopic (exact) mass is 266 g/mol. The van der Waals surface area contributed by atoms with Gasteiger partial charge in [-0.1, -0.05) is 26.7 Å². The number of aromatic nitrogens is 2. The van der Waals surface area contributed by atoms with E-state index in [1.54, 1.807) is 13.4 Å². The van der Waals surface area contributed by atoms with Crippen LogP contribution >= 0.6 is 0 Å². The third-order valence-corrected chi connectivity index (χ3v) is 3.09. The van der Waals surface area contributed by atoms with Crippen molar-refractivity contribution in [3.63, 3.8) is 0 Å². The molecule has 108 valence electrons. The molecule has 5 heteroatoms. The molecule has 0 aliphatic heterocycles. The molecule has 0 aliphatic carbocycles. The number of hydrogen-bond donors (Lipinski definition) is 1. The smallest absolute Gasteiger partial charge is 0.204 e. The van der Waals surface area contributed by atoms with E-state index >= 15 is 0 Å². The highest BCUT2D eigenvalue weighted by molar-refractivity contribution is 5.64. The molecule has 0 radical (unpaired) electrons. The first-order valence-electron chi connectivity index (χ1n) is 7.10. The second-order valence-electron chi connectivity index (χ2n) is 4.52. The van der Waals surface area contributed by atoms with Gasteiger partial charge >= 0.3 is 0 Å². The Labute approximate surface area is 116 Å². The number of anilines is 2.